The zero-order chi connectivity index (χ0) is 14.9. The molecule has 0 saturated heterocycles. The maximum atomic E-state index is 12.5. The number of carboxylic acid groups (broad SMARTS) is 1. The predicted molar refractivity (Wildman–Crippen MR) is 71.8 cm³/mol. The van der Waals surface area contributed by atoms with Crippen LogP contribution in [0, 0.1) is 0 Å². The van der Waals surface area contributed by atoms with E-state index in [4.69, 9.17) is 5.11 Å². The molecular weight excluding hydrogens is 282 g/mol. The van der Waals surface area contributed by atoms with Crippen LogP contribution in [0.2, 0.25) is 0 Å². The molecule has 2 rings (SSSR count). The van der Waals surface area contributed by atoms with Crippen LogP contribution in [0.25, 0.3) is 0 Å². The minimum absolute atomic E-state index is 0.00162. The fourth-order valence-electron chi connectivity index (χ4n) is 1.94. The number of rotatable bonds is 7. The zero-order valence-electron chi connectivity index (χ0n) is 11.5. The van der Waals surface area contributed by atoms with Gasteiger partial charge in [0, 0.05) is 18.5 Å². The highest BCUT2D eigenvalue weighted by molar-refractivity contribution is 7.89. The van der Waals surface area contributed by atoms with Crippen LogP contribution in [0.4, 0.5) is 0 Å². The molecule has 0 aromatic carbocycles. The van der Waals surface area contributed by atoms with Gasteiger partial charge in [-0.3, -0.25) is 4.79 Å². The van der Waals surface area contributed by atoms with Gasteiger partial charge in [0.1, 0.15) is 5.82 Å². The molecule has 8 heteroatoms. The number of aromatic amines is 1. The minimum Gasteiger partial charge on any atom is -0.481 e. The summed E-state index contributed by atoms with van der Waals surface area (Å²) in [4.78, 5) is 17.5. The van der Waals surface area contributed by atoms with E-state index in [9.17, 15) is 13.2 Å². The number of hydrogen-bond acceptors (Lipinski definition) is 4. The molecule has 20 heavy (non-hydrogen) atoms. The Balaban J connectivity index is 2.22. The molecule has 0 radical (unpaired) electrons. The molecule has 1 aliphatic rings. The van der Waals surface area contributed by atoms with E-state index in [1.54, 1.807) is 0 Å². The average Bonchev–Trinajstić information content (AvgIpc) is 3.03. The second-order valence-corrected chi connectivity index (χ2v) is 7.14. The van der Waals surface area contributed by atoms with Crippen molar-refractivity contribution in [3.05, 3.63) is 12.0 Å². The largest absolute Gasteiger partial charge is 0.481 e. The van der Waals surface area contributed by atoms with Crippen molar-refractivity contribution in [3.63, 3.8) is 0 Å². The number of H-pyrrole nitrogens is 1. The van der Waals surface area contributed by atoms with E-state index < -0.39 is 16.0 Å². The van der Waals surface area contributed by atoms with Gasteiger partial charge in [-0.05, 0) is 12.8 Å². The highest BCUT2D eigenvalue weighted by Gasteiger charge is 2.39. The van der Waals surface area contributed by atoms with Crippen molar-refractivity contribution in [3.8, 4) is 0 Å². The van der Waals surface area contributed by atoms with Crippen LogP contribution in [0.1, 0.15) is 44.9 Å². The topological polar surface area (TPSA) is 103 Å². The molecule has 0 unspecified atom stereocenters. The molecule has 1 aromatic rings. The highest BCUT2D eigenvalue weighted by atomic mass is 32.2. The van der Waals surface area contributed by atoms with Crippen molar-refractivity contribution in [2.24, 2.45) is 0 Å². The van der Waals surface area contributed by atoms with Crippen LogP contribution in [-0.2, 0) is 14.8 Å². The summed E-state index contributed by atoms with van der Waals surface area (Å²) in [5.41, 5.74) is 0. The first-order valence-electron chi connectivity index (χ1n) is 6.61. The Hall–Kier alpha value is -1.41. The van der Waals surface area contributed by atoms with E-state index in [1.807, 2.05) is 13.8 Å². The van der Waals surface area contributed by atoms with Gasteiger partial charge in [0.05, 0.1) is 12.6 Å². The summed E-state index contributed by atoms with van der Waals surface area (Å²) >= 11 is 0. The molecule has 1 aromatic heterocycles. The van der Waals surface area contributed by atoms with Gasteiger partial charge in [-0.25, -0.2) is 13.4 Å². The van der Waals surface area contributed by atoms with E-state index in [2.05, 4.69) is 9.97 Å². The fraction of sp³-hybridized carbons (Fsp3) is 0.667. The number of carbonyl (C=O) groups is 1. The van der Waals surface area contributed by atoms with Gasteiger partial charge in [-0.2, -0.15) is 4.31 Å². The number of aromatic nitrogens is 2. The van der Waals surface area contributed by atoms with Gasteiger partial charge < -0.3 is 10.1 Å². The summed E-state index contributed by atoms with van der Waals surface area (Å²) in [6.07, 6.45) is 2.68. The lowest BCUT2D eigenvalue weighted by Gasteiger charge is -2.19. The molecule has 2 N–H and O–H groups in total. The number of nitrogens with one attached hydrogen (secondary N) is 1. The second-order valence-electron chi connectivity index (χ2n) is 5.28. The van der Waals surface area contributed by atoms with Crippen LogP contribution in [0.5, 0.6) is 0 Å². The number of nitrogens with zero attached hydrogens (tertiary/aromatic N) is 2. The standard InChI is InChI=1S/C12H19N3O4S/c1-8(2)12-13-7-10(14-12)20(18,19)15(9-3-4-9)6-5-11(16)17/h7-9H,3-6H2,1-2H3,(H,13,14)(H,16,17). The van der Waals surface area contributed by atoms with Crippen LogP contribution in [-0.4, -0.2) is 46.4 Å². The molecule has 7 nitrogen and oxygen atoms in total. The second kappa shape index (κ2) is 5.53. The third kappa shape index (κ3) is 3.18. The molecule has 112 valence electrons. The number of aliphatic carboxylic acids is 1. The number of sulfonamides is 1. The first-order chi connectivity index (χ1) is 9.32. The van der Waals surface area contributed by atoms with E-state index >= 15 is 0 Å². The van der Waals surface area contributed by atoms with Crippen molar-refractivity contribution < 1.29 is 18.3 Å². The smallest absolute Gasteiger partial charge is 0.304 e. The maximum absolute atomic E-state index is 12.5. The lowest BCUT2D eigenvalue weighted by molar-refractivity contribution is -0.137. The minimum atomic E-state index is -3.69. The average molecular weight is 301 g/mol. The molecule has 0 aliphatic heterocycles. The van der Waals surface area contributed by atoms with E-state index in [0.29, 0.717) is 5.82 Å². The van der Waals surface area contributed by atoms with Crippen molar-refractivity contribution in [1.29, 1.82) is 0 Å². The summed E-state index contributed by atoms with van der Waals surface area (Å²) in [6.45, 7) is 3.83. The van der Waals surface area contributed by atoms with Gasteiger partial charge in [0.2, 0.25) is 0 Å². The van der Waals surface area contributed by atoms with Gasteiger partial charge in [-0.1, -0.05) is 13.8 Å². The predicted octanol–water partition coefficient (Wildman–Crippen LogP) is 1.16. The van der Waals surface area contributed by atoms with E-state index in [1.165, 1.54) is 10.5 Å². The summed E-state index contributed by atoms with van der Waals surface area (Å²) in [7, 11) is -3.69. The Morgan fingerprint density at radius 2 is 2.20 bits per heavy atom. The molecule has 0 atom stereocenters. The molecule has 0 bridgehead atoms. The summed E-state index contributed by atoms with van der Waals surface area (Å²) < 4.78 is 26.3. The van der Waals surface area contributed by atoms with Gasteiger partial charge in [-0.15, -0.1) is 0 Å². The lowest BCUT2D eigenvalue weighted by atomic mass is 10.2. The Morgan fingerprint density at radius 3 is 2.65 bits per heavy atom. The molecule has 0 amide bonds. The molecule has 1 saturated carbocycles. The maximum Gasteiger partial charge on any atom is 0.304 e. The Kier molecular flexibility index (Phi) is 4.14. The SMILES string of the molecule is CC(C)c1ncc(S(=O)(=O)N(CCC(=O)O)C2CC2)[nH]1. The first kappa shape index (κ1) is 15.0. The van der Waals surface area contributed by atoms with Crippen molar-refractivity contribution >= 4 is 16.0 Å². The van der Waals surface area contributed by atoms with Crippen molar-refractivity contribution in [2.75, 3.05) is 6.54 Å². The Bertz CT molecular complexity index is 590. The first-order valence-corrected chi connectivity index (χ1v) is 8.05. The Morgan fingerprint density at radius 1 is 1.55 bits per heavy atom. The van der Waals surface area contributed by atoms with Crippen LogP contribution < -0.4 is 0 Å². The molecule has 1 heterocycles. The zero-order valence-corrected chi connectivity index (χ0v) is 12.4. The molecule has 0 spiro atoms. The molecular formula is C12H19N3O4S. The van der Waals surface area contributed by atoms with Crippen LogP contribution in [0.3, 0.4) is 0 Å². The van der Waals surface area contributed by atoms with E-state index in [0.717, 1.165) is 12.8 Å². The Labute approximate surface area is 118 Å². The van der Waals surface area contributed by atoms with Crippen molar-refractivity contribution in [2.45, 2.75) is 50.1 Å². The summed E-state index contributed by atoms with van der Waals surface area (Å²) in [5.74, 6) is -0.289. The van der Waals surface area contributed by atoms with E-state index in [-0.39, 0.29) is 30.0 Å². The summed E-state index contributed by atoms with van der Waals surface area (Å²) in [6, 6.07) is -0.0786. The van der Waals surface area contributed by atoms with Gasteiger partial charge in [0.25, 0.3) is 10.0 Å². The number of imidazole rings is 1. The van der Waals surface area contributed by atoms with Gasteiger partial charge in [0.15, 0.2) is 5.03 Å². The normalized spacial score (nSPS) is 16.0. The third-order valence-corrected chi connectivity index (χ3v) is 5.07. The number of carboxylic acids is 1. The monoisotopic (exact) mass is 301 g/mol. The highest BCUT2D eigenvalue weighted by Crippen LogP contribution is 2.32. The molecule has 1 aliphatic carbocycles. The third-order valence-electron chi connectivity index (χ3n) is 3.21. The number of hydrogen-bond donors (Lipinski definition) is 2. The van der Waals surface area contributed by atoms with Crippen LogP contribution >= 0.6 is 0 Å². The van der Waals surface area contributed by atoms with Gasteiger partial charge >= 0.3 is 5.97 Å². The van der Waals surface area contributed by atoms with Crippen LogP contribution in [0.15, 0.2) is 11.2 Å². The summed E-state index contributed by atoms with van der Waals surface area (Å²) in [5, 5.41) is 8.78. The van der Waals surface area contributed by atoms with Crippen molar-refractivity contribution in [1.82, 2.24) is 14.3 Å². The fourth-order valence-corrected chi connectivity index (χ4v) is 3.54. The molecule has 1 fully saturated rings. The lowest BCUT2D eigenvalue weighted by Crippen LogP contribution is -2.35. The quantitative estimate of drug-likeness (QED) is 0.786.